The van der Waals surface area contributed by atoms with Gasteiger partial charge in [-0.05, 0) is 58.6 Å². The van der Waals surface area contributed by atoms with Crippen molar-refractivity contribution < 1.29 is 15.0 Å². The molecule has 0 unspecified atom stereocenters. The first-order valence-corrected chi connectivity index (χ1v) is 13.0. The summed E-state index contributed by atoms with van der Waals surface area (Å²) in [6, 6.07) is 5.84. The fourth-order valence-corrected chi connectivity index (χ4v) is 4.99. The van der Waals surface area contributed by atoms with E-state index in [9.17, 15) is 15.0 Å². The summed E-state index contributed by atoms with van der Waals surface area (Å²) < 4.78 is 0. The first-order valence-electron chi connectivity index (χ1n) is 12.2. The molecule has 1 aliphatic rings. The molecular formula is C24H34N8O3S. The Kier molecular flexibility index (Phi) is 8.17. The van der Waals surface area contributed by atoms with Crippen LogP contribution in [0.15, 0.2) is 24.4 Å². The van der Waals surface area contributed by atoms with Crippen molar-refractivity contribution in [3.05, 3.63) is 30.1 Å². The Labute approximate surface area is 214 Å². The van der Waals surface area contributed by atoms with E-state index >= 15 is 0 Å². The zero-order valence-electron chi connectivity index (χ0n) is 20.9. The summed E-state index contributed by atoms with van der Waals surface area (Å²) >= 11 is 1.45. The molecule has 0 saturated heterocycles. The van der Waals surface area contributed by atoms with E-state index in [1.54, 1.807) is 6.20 Å². The summed E-state index contributed by atoms with van der Waals surface area (Å²) in [5, 5.41) is 30.0. The average molecular weight is 515 g/mol. The van der Waals surface area contributed by atoms with Crippen molar-refractivity contribution >= 4 is 44.7 Å². The summed E-state index contributed by atoms with van der Waals surface area (Å²) in [5.41, 5.74) is 1.11. The Balaban J connectivity index is 1.46. The van der Waals surface area contributed by atoms with Gasteiger partial charge in [-0.2, -0.15) is 4.98 Å². The van der Waals surface area contributed by atoms with E-state index in [2.05, 4.69) is 35.9 Å². The minimum Gasteiger partial charge on any atom is -0.465 e. The summed E-state index contributed by atoms with van der Waals surface area (Å²) in [4.78, 5) is 32.1. The van der Waals surface area contributed by atoms with Crippen molar-refractivity contribution in [3.8, 4) is 0 Å². The molecule has 0 aliphatic heterocycles. The molecule has 11 nitrogen and oxygen atoms in total. The number of aliphatic hydroxyl groups is 1. The van der Waals surface area contributed by atoms with Crippen molar-refractivity contribution in [3.63, 3.8) is 0 Å². The zero-order chi connectivity index (χ0) is 25.7. The van der Waals surface area contributed by atoms with Crippen LogP contribution < -0.4 is 16.0 Å². The lowest BCUT2D eigenvalue weighted by atomic mass is 9.93. The van der Waals surface area contributed by atoms with Gasteiger partial charge < -0.3 is 31.1 Å². The Hall–Kier alpha value is -3.09. The summed E-state index contributed by atoms with van der Waals surface area (Å²) in [7, 11) is 0. The number of hydrogen-bond donors (Lipinski definition) is 5. The van der Waals surface area contributed by atoms with Crippen LogP contribution in [-0.2, 0) is 6.54 Å². The summed E-state index contributed by atoms with van der Waals surface area (Å²) in [5.74, 6) is 1.13. The predicted octanol–water partition coefficient (Wildman–Crippen LogP) is 3.81. The molecule has 0 aromatic carbocycles. The number of pyridine rings is 1. The van der Waals surface area contributed by atoms with Crippen LogP contribution in [0, 0.1) is 0 Å². The highest BCUT2D eigenvalue weighted by Crippen LogP contribution is 2.27. The molecule has 0 spiro atoms. The fraction of sp³-hybridized carbons (Fsp3) is 0.542. The molecule has 3 aromatic heterocycles. The van der Waals surface area contributed by atoms with Crippen LogP contribution in [0.25, 0.3) is 10.3 Å². The van der Waals surface area contributed by atoms with Crippen LogP contribution in [-0.4, -0.2) is 71.9 Å². The smallest absolute Gasteiger partial charge is 0.407 e. The number of carbonyl (C=O) groups is 1. The molecule has 0 bridgehead atoms. The zero-order valence-corrected chi connectivity index (χ0v) is 21.7. The van der Waals surface area contributed by atoms with Gasteiger partial charge in [0.15, 0.2) is 5.13 Å². The SMILES string of the molecule is CC(C)(C)N(CCNCc1cc(Nc2nc3cccnc3s2)nc(N[C@H]2CC[C@H](O)CC2)n1)C(=O)O. The predicted molar refractivity (Wildman–Crippen MR) is 141 cm³/mol. The van der Waals surface area contributed by atoms with Crippen molar-refractivity contribution in [2.75, 3.05) is 23.7 Å². The van der Waals surface area contributed by atoms with Crippen LogP contribution in [0.2, 0.25) is 0 Å². The molecule has 0 atom stereocenters. The Morgan fingerprint density at radius 2 is 1.97 bits per heavy atom. The maximum Gasteiger partial charge on any atom is 0.407 e. The van der Waals surface area contributed by atoms with Gasteiger partial charge in [-0.15, -0.1) is 0 Å². The van der Waals surface area contributed by atoms with Gasteiger partial charge in [-0.1, -0.05) is 11.3 Å². The summed E-state index contributed by atoms with van der Waals surface area (Å²) in [6.07, 6.45) is 3.81. The molecule has 3 heterocycles. The molecule has 1 aliphatic carbocycles. The number of thiazole rings is 1. The number of aromatic nitrogens is 4. The number of nitrogens with one attached hydrogen (secondary N) is 3. The van der Waals surface area contributed by atoms with Gasteiger partial charge >= 0.3 is 6.09 Å². The minimum absolute atomic E-state index is 0.201. The van der Waals surface area contributed by atoms with Crippen LogP contribution in [0.5, 0.6) is 0 Å². The molecule has 194 valence electrons. The number of aliphatic hydroxyl groups excluding tert-OH is 1. The number of fused-ring (bicyclic) bond motifs is 1. The molecule has 5 N–H and O–H groups in total. The highest BCUT2D eigenvalue weighted by atomic mass is 32.1. The van der Waals surface area contributed by atoms with E-state index in [1.165, 1.54) is 16.2 Å². The maximum atomic E-state index is 11.6. The second-order valence-electron chi connectivity index (χ2n) is 9.97. The molecule has 12 heteroatoms. The fourth-order valence-electron chi connectivity index (χ4n) is 4.18. The number of rotatable bonds is 9. The first-order chi connectivity index (χ1) is 17.2. The van der Waals surface area contributed by atoms with Crippen molar-refractivity contribution in [2.45, 2.75) is 70.7 Å². The molecule has 36 heavy (non-hydrogen) atoms. The number of nitrogens with zero attached hydrogens (tertiary/aromatic N) is 5. The van der Waals surface area contributed by atoms with E-state index < -0.39 is 11.6 Å². The van der Waals surface area contributed by atoms with Crippen LogP contribution >= 0.6 is 11.3 Å². The van der Waals surface area contributed by atoms with E-state index in [4.69, 9.17) is 0 Å². The Morgan fingerprint density at radius 3 is 2.67 bits per heavy atom. The van der Waals surface area contributed by atoms with E-state index in [0.717, 1.165) is 41.7 Å². The Morgan fingerprint density at radius 1 is 1.19 bits per heavy atom. The second kappa shape index (κ2) is 11.3. The van der Waals surface area contributed by atoms with Crippen LogP contribution in [0.1, 0.15) is 52.1 Å². The highest BCUT2D eigenvalue weighted by Gasteiger charge is 2.25. The minimum atomic E-state index is -0.938. The standard InChI is InChI=1S/C24H34N8O3S/c1-24(2,3)32(23(34)35)12-11-25-14-16-13-19(31-22-29-18-5-4-10-26-20(18)36-22)30-21(28-16)27-15-6-8-17(33)9-7-15/h4-5,10,13,15,17,25,33H,6-9,11-12,14H2,1-3H3,(H,34,35)(H2,27,28,29,30,31)/t15-,17-. The normalized spacial score (nSPS) is 18.2. The highest BCUT2D eigenvalue weighted by molar-refractivity contribution is 7.21. The van der Waals surface area contributed by atoms with Gasteiger partial charge in [0.25, 0.3) is 0 Å². The summed E-state index contributed by atoms with van der Waals surface area (Å²) in [6.45, 7) is 6.94. The lowest BCUT2D eigenvalue weighted by molar-refractivity contribution is 0.101. The second-order valence-corrected chi connectivity index (χ2v) is 10.9. The third kappa shape index (κ3) is 6.99. The van der Waals surface area contributed by atoms with Gasteiger partial charge in [0.1, 0.15) is 16.2 Å². The van der Waals surface area contributed by atoms with E-state index in [-0.39, 0.29) is 12.1 Å². The number of amides is 1. The van der Waals surface area contributed by atoms with Gasteiger partial charge in [0.05, 0.1) is 11.8 Å². The van der Waals surface area contributed by atoms with Gasteiger partial charge in [0, 0.05) is 43.5 Å². The molecular weight excluding hydrogens is 480 g/mol. The lowest BCUT2D eigenvalue weighted by Crippen LogP contribution is -2.47. The van der Waals surface area contributed by atoms with E-state index in [0.29, 0.717) is 36.5 Å². The van der Waals surface area contributed by atoms with Crippen molar-refractivity contribution in [1.29, 1.82) is 0 Å². The lowest BCUT2D eigenvalue weighted by Gasteiger charge is -2.33. The molecule has 1 saturated carbocycles. The quantitative estimate of drug-likeness (QED) is 0.267. The number of anilines is 3. The largest absolute Gasteiger partial charge is 0.465 e. The number of carboxylic acid groups (broad SMARTS) is 1. The van der Waals surface area contributed by atoms with Crippen LogP contribution in [0.3, 0.4) is 0 Å². The van der Waals surface area contributed by atoms with Gasteiger partial charge in [-0.25, -0.2) is 19.7 Å². The molecule has 4 rings (SSSR count). The average Bonchev–Trinajstić information content (AvgIpc) is 3.21. The van der Waals surface area contributed by atoms with E-state index in [1.807, 2.05) is 39.0 Å². The maximum absolute atomic E-state index is 11.6. The van der Waals surface area contributed by atoms with Gasteiger partial charge in [-0.3, -0.25) is 0 Å². The molecule has 0 radical (unpaired) electrons. The van der Waals surface area contributed by atoms with Gasteiger partial charge in [0.2, 0.25) is 5.95 Å². The first kappa shape index (κ1) is 26.0. The van der Waals surface area contributed by atoms with Crippen LogP contribution in [0.4, 0.5) is 21.7 Å². The monoisotopic (exact) mass is 514 g/mol. The third-order valence-corrected chi connectivity index (χ3v) is 6.96. The topological polar surface area (TPSA) is 148 Å². The Bertz CT molecular complexity index is 1140. The van der Waals surface area contributed by atoms with Crippen molar-refractivity contribution in [1.82, 2.24) is 30.2 Å². The molecule has 1 amide bonds. The number of hydrogen-bond acceptors (Lipinski definition) is 10. The third-order valence-electron chi connectivity index (χ3n) is 6.07. The van der Waals surface area contributed by atoms with Crippen molar-refractivity contribution in [2.24, 2.45) is 0 Å². The molecule has 1 fully saturated rings. The molecule has 3 aromatic rings.